The lowest BCUT2D eigenvalue weighted by atomic mass is 9.88. The Kier molecular flexibility index (Phi) is 6.04. The summed E-state index contributed by atoms with van der Waals surface area (Å²) in [7, 11) is 0. The molecule has 3 aromatic rings. The van der Waals surface area contributed by atoms with Crippen LogP contribution in [-0.4, -0.2) is 5.11 Å². The molecule has 2 N–H and O–H groups in total. The Bertz CT molecular complexity index is 1230. The third kappa shape index (κ3) is 4.04. The fourth-order valence-corrected chi connectivity index (χ4v) is 4.29. The molecular weight excluding hydrogens is 366 g/mol. The molecule has 2 heteroatoms. The second kappa shape index (κ2) is 9.04. The van der Waals surface area contributed by atoms with Gasteiger partial charge in [-0.25, -0.2) is 0 Å². The molecule has 0 spiro atoms. The largest absolute Gasteiger partial charge is 0.508 e. The van der Waals surface area contributed by atoms with Crippen molar-refractivity contribution >= 4 is 28.6 Å². The summed E-state index contributed by atoms with van der Waals surface area (Å²) >= 11 is 0. The number of phenols is 1. The first kappa shape index (κ1) is 20.0. The van der Waals surface area contributed by atoms with Crippen molar-refractivity contribution in [2.45, 2.75) is 39.0 Å². The Morgan fingerprint density at radius 3 is 2.43 bits per heavy atom. The molecule has 1 aliphatic carbocycles. The second-order valence-corrected chi connectivity index (χ2v) is 7.77. The number of phenolic OH excluding ortho intramolecular Hbond substituents is 1. The highest BCUT2D eigenvalue weighted by atomic mass is 16.3. The van der Waals surface area contributed by atoms with Gasteiger partial charge in [0.25, 0.3) is 0 Å². The molecule has 152 valence electrons. The van der Waals surface area contributed by atoms with Gasteiger partial charge in [0, 0.05) is 28.6 Å². The third-order valence-corrected chi connectivity index (χ3v) is 5.84. The molecule has 0 aliphatic heterocycles. The van der Waals surface area contributed by atoms with Crippen LogP contribution < -0.4 is 15.8 Å². The van der Waals surface area contributed by atoms with Gasteiger partial charge in [-0.15, -0.1) is 0 Å². The van der Waals surface area contributed by atoms with E-state index >= 15 is 0 Å². The van der Waals surface area contributed by atoms with Crippen molar-refractivity contribution in [3.63, 3.8) is 0 Å². The summed E-state index contributed by atoms with van der Waals surface area (Å²) in [6, 6.07) is 18.7. The predicted octanol–water partition coefficient (Wildman–Crippen LogP) is 5.97. The van der Waals surface area contributed by atoms with Crippen LogP contribution in [0.2, 0.25) is 0 Å². The lowest BCUT2D eigenvalue weighted by Crippen LogP contribution is -2.24. The van der Waals surface area contributed by atoms with Crippen molar-refractivity contribution in [2.24, 2.45) is 0 Å². The molecule has 0 radical (unpaired) electrons. The van der Waals surface area contributed by atoms with Crippen molar-refractivity contribution in [1.82, 2.24) is 0 Å². The van der Waals surface area contributed by atoms with Crippen LogP contribution in [-0.2, 0) is 0 Å². The van der Waals surface area contributed by atoms with Gasteiger partial charge in [-0.2, -0.15) is 0 Å². The Hall–Kier alpha value is -3.26. The van der Waals surface area contributed by atoms with E-state index in [2.05, 4.69) is 98.1 Å². The number of nitrogens with one attached hydrogen (secondary N) is 1. The maximum absolute atomic E-state index is 11.1. The third-order valence-electron chi connectivity index (χ3n) is 5.84. The molecule has 1 aliphatic rings. The van der Waals surface area contributed by atoms with E-state index in [-0.39, 0.29) is 5.92 Å². The van der Waals surface area contributed by atoms with E-state index in [0.29, 0.717) is 5.75 Å². The predicted molar refractivity (Wildman–Crippen MR) is 129 cm³/mol. The van der Waals surface area contributed by atoms with Crippen molar-refractivity contribution in [3.8, 4) is 5.75 Å². The molecule has 0 heterocycles. The highest BCUT2D eigenvalue weighted by Crippen LogP contribution is 2.40. The van der Waals surface area contributed by atoms with Crippen molar-refractivity contribution < 1.29 is 5.11 Å². The maximum atomic E-state index is 11.1. The second-order valence-electron chi connectivity index (χ2n) is 7.77. The minimum absolute atomic E-state index is 0.124. The smallest absolute Gasteiger partial charge is 0.122 e. The fraction of sp³-hybridized carbons (Fsp3) is 0.214. The standard InChI is InChI=1S/C28H29NO/c1-3-20-12-8-9-13-22(20)18-21(4-2)28-25-17-11-10-16-24(25)26(19-27(28)30)29-23-14-6-5-7-15-23/h3,6,8-19,21,29-30H,4-5,7H2,1-2H3/b20-3-,22-18-. The van der Waals surface area contributed by atoms with Gasteiger partial charge in [0.05, 0.1) is 5.69 Å². The molecule has 4 rings (SSSR count). The molecule has 3 aromatic carbocycles. The summed E-state index contributed by atoms with van der Waals surface area (Å²) in [5.41, 5.74) is 3.03. The first-order chi connectivity index (χ1) is 14.7. The highest BCUT2D eigenvalue weighted by Gasteiger charge is 2.18. The average Bonchev–Trinajstić information content (AvgIpc) is 2.79. The lowest BCUT2D eigenvalue weighted by Gasteiger charge is -2.20. The van der Waals surface area contributed by atoms with Crippen LogP contribution >= 0.6 is 0 Å². The fourth-order valence-electron chi connectivity index (χ4n) is 4.29. The summed E-state index contributed by atoms with van der Waals surface area (Å²) in [6.07, 6.45) is 14.0. The van der Waals surface area contributed by atoms with Crippen LogP contribution in [0.25, 0.3) is 22.9 Å². The number of benzene rings is 3. The normalized spacial score (nSPS) is 16.0. The quantitative estimate of drug-likeness (QED) is 0.558. The van der Waals surface area contributed by atoms with Gasteiger partial charge in [0.1, 0.15) is 5.75 Å². The minimum atomic E-state index is 0.124. The molecule has 0 fully saturated rings. The molecule has 1 atom stereocenters. The maximum Gasteiger partial charge on any atom is 0.122 e. The molecule has 30 heavy (non-hydrogen) atoms. The monoisotopic (exact) mass is 395 g/mol. The van der Waals surface area contributed by atoms with Crippen LogP contribution in [0.15, 0.2) is 78.5 Å². The van der Waals surface area contributed by atoms with E-state index in [1.165, 1.54) is 10.4 Å². The van der Waals surface area contributed by atoms with Crippen LogP contribution in [0.5, 0.6) is 5.75 Å². The summed E-state index contributed by atoms with van der Waals surface area (Å²) in [5, 5.41) is 19.3. The summed E-state index contributed by atoms with van der Waals surface area (Å²) in [4.78, 5) is 0. The Balaban J connectivity index is 1.87. The highest BCUT2D eigenvalue weighted by molar-refractivity contribution is 5.99. The Morgan fingerprint density at radius 2 is 1.73 bits per heavy atom. The lowest BCUT2D eigenvalue weighted by molar-refractivity contribution is 0.467. The number of anilines is 1. The Labute approximate surface area is 178 Å². The number of aromatic hydroxyl groups is 1. The summed E-state index contributed by atoms with van der Waals surface area (Å²) < 4.78 is 0. The number of hydrogen-bond acceptors (Lipinski definition) is 2. The average molecular weight is 396 g/mol. The van der Waals surface area contributed by atoms with Gasteiger partial charge < -0.3 is 10.4 Å². The van der Waals surface area contributed by atoms with E-state index in [1.54, 1.807) is 0 Å². The minimum Gasteiger partial charge on any atom is -0.508 e. The van der Waals surface area contributed by atoms with E-state index in [9.17, 15) is 5.11 Å². The SMILES string of the molecule is C/C=c1/cccc/c1=C/C(CC)c1c(O)cc(NC2=CCCC=C2)c2ccccc12. The molecular formula is C28H29NO. The molecule has 0 amide bonds. The van der Waals surface area contributed by atoms with E-state index in [1.807, 2.05) is 6.07 Å². The number of hydrogen-bond donors (Lipinski definition) is 2. The van der Waals surface area contributed by atoms with E-state index < -0.39 is 0 Å². The van der Waals surface area contributed by atoms with Crippen molar-refractivity contribution in [1.29, 1.82) is 0 Å². The first-order valence-corrected chi connectivity index (χ1v) is 10.8. The number of allylic oxidation sites excluding steroid dienone is 3. The molecule has 0 saturated carbocycles. The van der Waals surface area contributed by atoms with Gasteiger partial charge >= 0.3 is 0 Å². The van der Waals surface area contributed by atoms with Gasteiger partial charge in [0.15, 0.2) is 0 Å². The van der Waals surface area contributed by atoms with Crippen LogP contribution in [0.4, 0.5) is 5.69 Å². The molecule has 2 nitrogen and oxygen atoms in total. The number of fused-ring (bicyclic) bond motifs is 1. The summed E-state index contributed by atoms with van der Waals surface area (Å²) in [5.74, 6) is 0.469. The van der Waals surface area contributed by atoms with Gasteiger partial charge in [-0.05, 0) is 48.1 Å². The first-order valence-electron chi connectivity index (χ1n) is 10.8. The van der Waals surface area contributed by atoms with Crippen LogP contribution in [0.3, 0.4) is 0 Å². The van der Waals surface area contributed by atoms with Crippen LogP contribution in [0.1, 0.15) is 44.6 Å². The van der Waals surface area contributed by atoms with Gasteiger partial charge in [0.2, 0.25) is 0 Å². The van der Waals surface area contributed by atoms with Crippen LogP contribution in [0, 0.1) is 0 Å². The van der Waals surface area contributed by atoms with Crippen molar-refractivity contribution in [2.75, 3.05) is 5.32 Å². The van der Waals surface area contributed by atoms with E-state index in [4.69, 9.17) is 0 Å². The zero-order valence-corrected chi connectivity index (χ0v) is 17.7. The van der Waals surface area contributed by atoms with Gasteiger partial charge in [-0.1, -0.05) is 79.8 Å². The molecule has 0 bridgehead atoms. The molecule has 1 unspecified atom stereocenters. The van der Waals surface area contributed by atoms with Crippen molar-refractivity contribution in [3.05, 3.63) is 94.5 Å². The van der Waals surface area contributed by atoms with Gasteiger partial charge in [-0.3, -0.25) is 0 Å². The molecule has 0 saturated heterocycles. The zero-order valence-electron chi connectivity index (χ0n) is 17.7. The topological polar surface area (TPSA) is 32.3 Å². The summed E-state index contributed by atoms with van der Waals surface area (Å²) in [6.45, 7) is 4.24. The number of rotatable bonds is 5. The molecule has 0 aromatic heterocycles. The Morgan fingerprint density at radius 1 is 1.00 bits per heavy atom. The van der Waals surface area contributed by atoms with E-state index in [0.717, 1.165) is 47.0 Å². The zero-order chi connectivity index (χ0) is 20.9.